The van der Waals surface area contributed by atoms with Gasteiger partial charge in [-0.2, -0.15) is 24.8 Å². The molecule has 6 heterocycles. The molecule has 6 aromatic carbocycles. The Balaban J connectivity index is 0.000000425. The predicted molar refractivity (Wildman–Crippen MR) is 258 cm³/mol. The van der Waals surface area contributed by atoms with Crippen molar-refractivity contribution >= 4 is 0 Å². The van der Waals surface area contributed by atoms with Gasteiger partial charge in [0.05, 0.1) is 0 Å². The molecule has 0 aliphatic rings. The Hall–Kier alpha value is -6.30. The minimum Gasteiger partial charge on any atom is -0.581 e. The number of hydrogen-bond acceptors (Lipinski definition) is 6. The van der Waals surface area contributed by atoms with Gasteiger partial charge in [0.15, 0.2) is 0 Å². The summed E-state index contributed by atoms with van der Waals surface area (Å²) in [6.07, 6.45) is 10.2. The van der Waals surface area contributed by atoms with Crippen LogP contribution in [0.15, 0.2) is 256 Å². The van der Waals surface area contributed by atoms with E-state index in [1.165, 1.54) is 0 Å². The maximum Gasteiger partial charge on any atom is 1.00 e. The quantitative estimate of drug-likeness (QED) is 0.145. The smallest absolute Gasteiger partial charge is 0.581 e. The minimum absolute atomic E-state index is 0. The topological polar surface area (TPSA) is 162 Å². The van der Waals surface area contributed by atoms with E-state index in [9.17, 15) is 0 Å². The van der Waals surface area contributed by atoms with Crippen molar-refractivity contribution in [2.45, 2.75) is 0 Å². The van der Waals surface area contributed by atoms with Crippen LogP contribution in [-0.4, -0.2) is 30.6 Å². The van der Waals surface area contributed by atoms with Crippen LogP contribution in [0, 0.1) is 0 Å². The van der Waals surface area contributed by atoms with Crippen molar-refractivity contribution in [2.24, 2.45) is 0 Å². The Kier molecular flexibility index (Phi) is 33.2. The zero-order valence-electron chi connectivity index (χ0n) is 37.4. The third-order valence-electron chi connectivity index (χ3n) is 9.20. The van der Waals surface area contributed by atoms with Gasteiger partial charge in [-0.25, -0.2) is 0 Å². The zero-order chi connectivity index (χ0) is 45.1. The Morgan fingerprint density at radius 2 is 0.431 bits per heavy atom. The largest absolute Gasteiger partial charge is 1.00 e. The van der Waals surface area contributed by atoms with Crippen LogP contribution in [0.2, 0.25) is 0 Å². The summed E-state index contributed by atoms with van der Waals surface area (Å²) in [7, 11) is 0. The molecule has 0 radical (unpaired) electrons. The number of benzene rings is 6. The van der Waals surface area contributed by atoms with E-state index in [4.69, 9.17) is 0 Å². The van der Waals surface area contributed by atoms with Gasteiger partial charge in [0.1, 0.15) is 0 Å². The average molecular weight is 1240 g/mol. The first-order chi connectivity index (χ1) is 32.8. The Morgan fingerprint density at radius 3 is 0.597 bits per heavy atom. The molecule has 12 rings (SSSR count). The molecule has 0 atom stereocenters. The summed E-state index contributed by atoms with van der Waals surface area (Å²) in [6, 6.07) is 71.4. The second kappa shape index (κ2) is 37.5. The molecule has 0 bridgehead atoms. The van der Waals surface area contributed by atoms with Gasteiger partial charge in [0.25, 0.3) is 0 Å². The van der Waals surface area contributed by atoms with Gasteiger partial charge in [-0.1, -0.05) is 218 Å². The Bertz CT molecular complexity index is 2430. The van der Waals surface area contributed by atoms with Gasteiger partial charge in [-0.3, -0.25) is 0 Å². The van der Waals surface area contributed by atoms with Crippen molar-refractivity contribution in [3.05, 3.63) is 256 Å². The molecule has 0 unspecified atom stereocenters. The molecule has 0 aliphatic carbocycles. The average Bonchev–Trinajstić information content (AvgIpc) is 4.26. The van der Waals surface area contributed by atoms with Gasteiger partial charge < -0.3 is 61.2 Å². The van der Waals surface area contributed by atoms with Crippen LogP contribution in [0.5, 0.6) is 0 Å². The molecule has 0 fully saturated rings. The maximum absolute atomic E-state index is 3.94. The molecule has 0 spiro atoms. The first kappa shape index (κ1) is 63.7. The molecule has 18 heteroatoms. The van der Waals surface area contributed by atoms with Gasteiger partial charge in [0, 0.05) is 35.2 Å². The van der Waals surface area contributed by atoms with E-state index >= 15 is 0 Å². The van der Waals surface area contributed by atoms with Gasteiger partial charge in [-0.05, 0) is 33.4 Å². The molecule has 0 saturated carbocycles. The molecule has 12 aromatic rings. The SMILES string of the molecule is [Cu+].[Cu+].[Cu+].[Cu+].[Cu+].[Cu+].c1ccc(-c2cc[n-]n2)cc1.c1ccc(-c2cc[n-]n2)cc1.c1ccc(-c2cc[n-]n2)cc1.c1ccc(-c2cc[n-]n2)cc1.c1ccc(-c2ccn[n-]2)cc1.c1ccc(-c2ccn[n-]2)cc1. The predicted octanol–water partition coefficient (Wildman–Crippen LogP) is 10.2. The third-order valence-corrected chi connectivity index (χ3v) is 9.20. The monoisotopic (exact) mass is 1240 g/mol. The second-order valence-corrected chi connectivity index (χ2v) is 13.7. The zero-order valence-corrected chi connectivity index (χ0v) is 43.1. The molecule has 12 nitrogen and oxygen atoms in total. The number of hydrogen-bond donors (Lipinski definition) is 0. The van der Waals surface area contributed by atoms with Crippen LogP contribution >= 0.6 is 0 Å². The van der Waals surface area contributed by atoms with Crippen LogP contribution in [0.25, 0.3) is 67.5 Å². The standard InChI is InChI=1S/6C9H7N2.6Cu/c6*1-2-4-8(5-3-1)9-6-7-10-11-9;;;;;;/h6*1-7H;;;;;;/q6*-1;6*+1. The normalized spacial score (nSPS) is 9.00. The summed E-state index contributed by atoms with van der Waals surface area (Å²) in [5.41, 5.74) is 12.3. The first-order valence-electron chi connectivity index (χ1n) is 20.8. The van der Waals surface area contributed by atoms with Crippen LogP contribution in [0.1, 0.15) is 0 Å². The summed E-state index contributed by atoms with van der Waals surface area (Å²) in [4.78, 5) is 0. The van der Waals surface area contributed by atoms with Crippen molar-refractivity contribution in [1.82, 2.24) is 61.2 Å². The van der Waals surface area contributed by atoms with Gasteiger partial charge in [0.2, 0.25) is 0 Å². The van der Waals surface area contributed by atoms with E-state index in [0.717, 1.165) is 67.5 Å². The fourth-order valence-electron chi connectivity index (χ4n) is 5.97. The molecule has 6 aromatic heterocycles. The van der Waals surface area contributed by atoms with Crippen molar-refractivity contribution in [2.75, 3.05) is 0 Å². The fourth-order valence-corrected chi connectivity index (χ4v) is 5.97. The van der Waals surface area contributed by atoms with Gasteiger partial charge in [-0.15, -0.1) is 11.4 Å². The third kappa shape index (κ3) is 21.6. The molecule has 0 saturated heterocycles. The van der Waals surface area contributed by atoms with Crippen molar-refractivity contribution in [3.8, 4) is 67.5 Å². The molecule has 0 N–H and O–H groups in total. The number of rotatable bonds is 6. The molecule has 0 amide bonds. The van der Waals surface area contributed by atoms with E-state index in [0.29, 0.717) is 0 Å². The number of nitrogens with zero attached hydrogens (tertiary/aromatic N) is 12. The summed E-state index contributed by atoms with van der Waals surface area (Å²) in [5, 5.41) is 46.1. The fraction of sp³-hybridized carbons (Fsp3) is 0. The van der Waals surface area contributed by atoms with E-state index in [-0.39, 0.29) is 102 Å². The molecule has 0 aliphatic heterocycles. The van der Waals surface area contributed by atoms with Crippen LogP contribution < -0.4 is 30.6 Å². The molecule has 72 heavy (non-hydrogen) atoms. The van der Waals surface area contributed by atoms with E-state index in [1.54, 1.807) is 37.2 Å². The minimum atomic E-state index is 0. The molecular formula is C54H42Cu6N12. The summed E-state index contributed by atoms with van der Waals surface area (Å²) in [5.74, 6) is 0. The van der Waals surface area contributed by atoms with E-state index in [1.807, 2.05) is 218 Å². The first-order valence-corrected chi connectivity index (χ1v) is 20.8. The van der Waals surface area contributed by atoms with Crippen LogP contribution in [-0.2, 0) is 102 Å². The van der Waals surface area contributed by atoms with Crippen molar-refractivity contribution < 1.29 is 102 Å². The molecular weight excluding hydrogens is 1200 g/mol. The van der Waals surface area contributed by atoms with Crippen molar-refractivity contribution in [3.63, 3.8) is 0 Å². The van der Waals surface area contributed by atoms with Gasteiger partial charge >= 0.3 is 102 Å². The van der Waals surface area contributed by atoms with E-state index < -0.39 is 0 Å². The molecule has 384 valence electrons. The summed E-state index contributed by atoms with van der Waals surface area (Å²) >= 11 is 0. The van der Waals surface area contributed by atoms with Crippen LogP contribution in [0.4, 0.5) is 0 Å². The summed E-state index contributed by atoms with van der Waals surface area (Å²) in [6.45, 7) is 0. The van der Waals surface area contributed by atoms with Crippen LogP contribution in [0.3, 0.4) is 0 Å². The summed E-state index contributed by atoms with van der Waals surface area (Å²) < 4.78 is 0. The number of aromatic nitrogens is 12. The second-order valence-electron chi connectivity index (χ2n) is 13.7. The Morgan fingerprint density at radius 1 is 0.222 bits per heavy atom. The van der Waals surface area contributed by atoms with E-state index in [2.05, 4.69) is 61.2 Å². The van der Waals surface area contributed by atoms with Crippen molar-refractivity contribution in [1.29, 1.82) is 0 Å². The maximum atomic E-state index is 3.94. The Labute approximate surface area is 482 Å².